The summed E-state index contributed by atoms with van der Waals surface area (Å²) in [4.78, 5) is 5.71. The maximum atomic E-state index is 12.8. The number of rotatable bonds is 3. The highest BCUT2D eigenvalue weighted by molar-refractivity contribution is 5.85. The summed E-state index contributed by atoms with van der Waals surface area (Å²) in [5.74, 6) is 0.176. The Hall–Kier alpha value is -0.760. The maximum absolute atomic E-state index is 12.8. The predicted octanol–water partition coefficient (Wildman–Crippen LogP) is 2.41. The Balaban J connectivity index is 0.00000200. The van der Waals surface area contributed by atoms with Crippen LogP contribution in [-0.2, 0) is 0 Å². The second kappa shape index (κ2) is 8.63. The number of pyridine rings is 1. The Labute approximate surface area is 134 Å². The third kappa shape index (κ3) is 5.86. The van der Waals surface area contributed by atoms with E-state index >= 15 is 0 Å². The van der Waals surface area contributed by atoms with Crippen LogP contribution in [0.3, 0.4) is 0 Å². The second-order valence-electron chi connectivity index (χ2n) is 4.60. The molecule has 9 heteroatoms. The number of nitrogens with one attached hydrogen (secondary N) is 1. The summed E-state index contributed by atoms with van der Waals surface area (Å²) < 4.78 is 38.3. The van der Waals surface area contributed by atoms with Crippen LogP contribution in [0.4, 0.5) is 19.0 Å². The average molecular weight is 347 g/mol. The summed E-state index contributed by atoms with van der Waals surface area (Å²) in [5, 5.41) is 3.13. The summed E-state index contributed by atoms with van der Waals surface area (Å²) in [7, 11) is 0. The Morgan fingerprint density at radius 3 is 2.43 bits per heavy atom. The van der Waals surface area contributed by atoms with E-state index in [0.29, 0.717) is 31.7 Å². The molecule has 0 saturated carbocycles. The number of nitrogens with two attached hydrogens (primary N) is 1. The van der Waals surface area contributed by atoms with Crippen LogP contribution in [0.2, 0.25) is 0 Å². The van der Waals surface area contributed by atoms with Crippen molar-refractivity contribution in [2.75, 3.05) is 31.9 Å². The van der Waals surface area contributed by atoms with Crippen molar-refractivity contribution in [3.05, 3.63) is 23.9 Å². The van der Waals surface area contributed by atoms with E-state index in [1.807, 2.05) is 4.90 Å². The van der Waals surface area contributed by atoms with Gasteiger partial charge in [0.2, 0.25) is 0 Å². The van der Waals surface area contributed by atoms with E-state index in [-0.39, 0.29) is 30.6 Å². The van der Waals surface area contributed by atoms with Crippen LogP contribution in [0.25, 0.3) is 0 Å². The Bertz CT molecular complexity index is 425. The van der Waals surface area contributed by atoms with Gasteiger partial charge in [-0.3, -0.25) is 4.90 Å². The molecule has 1 aliphatic rings. The van der Waals surface area contributed by atoms with E-state index in [1.165, 1.54) is 6.20 Å². The van der Waals surface area contributed by atoms with Gasteiger partial charge in [0, 0.05) is 44.0 Å². The van der Waals surface area contributed by atoms with E-state index < -0.39 is 18.6 Å². The molecule has 1 fully saturated rings. The number of anilines is 1. The molecule has 4 nitrogen and oxygen atoms in total. The molecule has 21 heavy (non-hydrogen) atoms. The van der Waals surface area contributed by atoms with Crippen LogP contribution in [0.1, 0.15) is 18.0 Å². The highest BCUT2D eigenvalue weighted by Crippen LogP contribution is 2.35. The smallest absolute Gasteiger partial charge is 0.383 e. The largest absolute Gasteiger partial charge is 0.390 e. The minimum absolute atomic E-state index is 0. The first-order valence-electron chi connectivity index (χ1n) is 6.19. The summed E-state index contributed by atoms with van der Waals surface area (Å²) in [6.45, 7) is 2.53. The molecule has 0 amide bonds. The van der Waals surface area contributed by atoms with Crippen molar-refractivity contribution in [1.82, 2.24) is 15.2 Å². The van der Waals surface area contributed by atoms with Gasteiger partial charge < -0.3 is 11.1 Å². The zero-order valence-corrected chi connectivity index (χ0v) is 12.9. The third-order valence-electron chi connectivity index (χ3n) is 3.25. The van der Waals surface area contributed by atoms with Crippen molar-refractivity contribution < 1.29 is 13.2 Å². The fraction of sp³-hybridized carbons (Fsp3) is 0.583. The monoisotopic (exact) mass is 346 g/mol. The number of piperazine rings is 1. The molecule has 0 unspecified atom stereocenters. The number of hydrogen-bond acceptors (Lipinski definition) is 4. The molecule has 0 aromatic carbocycles. The minimum Gasteiger partial charge on any atom is -0.383 e. The van der Waals surface area contributed by atoms with Gasteiger partial charge in [-0.1, -0.05) is 6.07 Å². The first-order valence-corrected chi connectivity index (χ1v) is 6.19. The molecule has 1 aliphatic heterocycles. The lowest BCUT2D eigenvalue weighted by Crippen LogP contribution is -2.46. The predicted molar refractivity (Wildman–Crippen MR) is 81.0 cm³/mol. The number of aromatic nitrogens is 1. The zero-order chi connectivity index (χ0) is 13.9. The lowest BCUT2D eigenvalue weighted by Gasteiger charge is -2.35. The van der Waals surface area contributed by atoms with Gasteiger partial charge in [-0.15, -0.1) is 24.8 Å². The number of nitrogen functional groups attached to an aromatic ring is 1. The quantitative estimate of drug-likeness (QED) is 0.882. The Morgan fingerprint density at radius 1 is 1.29 bits per heavy atom. The fourth-order valence-corrected chi connectivity index (χ4v) is 2.36. The SMILES string of the molecule is Cl.Cl.Nc1ncccc1[C@H](CC(F)(F)F)N1CCNCC1. The molecular formula is C12H19Cl2F3N4. The minimum atomic E-state index is -4.22. The van der Waals surface area contributed by atoms with E-state index in [4.69, 9.17) is 5.73 Å². The first kappa shape index (κ1) is 20.2. The molecule has 1 saturated heterocycles. The van der Waals surface area contributed by atoms with Gasteiger partial charge in [0.25, 0.3) is 0 Å². The van der Waals surface area contributed by atoms with Gasteiger partial charge >= 0.3 is 6.18 Å². The van der Waals surface area contributed by atoms with Crippen LogP contribution >= 0.6 is 24.8 Å². The van der Waals surface area contributed by atoms with Crippen molar-refractivity contribution >= 4 is 30.6 Å². The molecule has 0 aliphatic carbocycles. The lowest BCUT2D eigenvalue weighted by atomic mass is 10.0. The van der Waals surface area contributed by atoms with Crippen molar-refractivity contribution in [2.24, 2.45) is 0 Å². The standard InChI is InChI=1S/C12H17F3N4.2ClH/c13-12(14,15)8-10(19-6-4-17-5-7-19)9-2-1-3-18-11(9)16;;/h1-3,10,17H,4-8H2,(H2,16,18);2*1H/t10-;;/m0../s1. The second-order valence-corrected chi connectivity index (χ2v) is 4.60. The van der Waals surface area contributed by atoms with E-state index in [1.54, 1.807) is 12.1 Å². The van der Waals surface area contributed by atoms with Gasteiger partial charge in [0.1, 0.15) is 5.82 Å². The first-order chi connectivity index (χ1) is 8.97. The van der Waals surface area contributed by atoms with Gasteiger partial charge in [-0.2, -0.15) is 13.2 Å². The molecule has 0 bridgehead atoms. The summed E-state index contributed by atoms with van der Waals surface area (Å²) in [6.07, 6.45) is -3.64. The maximum Gasteiger partial charge on any atom is 0.390 e. The number of alkyl halides is 3. The summed E-state index contributed by atoms with van der Waals surface area (Å²) in [6, 6.07) is 2.49. The number of hydrogen-bond donors (Lipinski definition) is 2. The molecule has 3 N–H and O–H groups in total. The van der Waals surface area contributed by atoms with Crippen LogP contribution < -0.4 is 11.1 Å². The van der Waals surface area contributed by atoms with Crippen LogP contribution in [0.5, 0.6) is 0 Å². The Morgan fingerprint density at radius 2 is 1.90 bits per heavy atom. The highest BCUT2D eigenvalue weighted by atomic mass is 35.5. The molecule has 0 spiro atoms. The van der Waals surface area contributed by atoms with Crippen molar-refractivity contribution in [1.29, 1.82) is 0 Å². The van der Waals surface area contributed by atoms with E-state index in [9.17, 15) is 13.2 Å². The van der Waals surface area contributed by atoms with Crippen LogP contribution in [-0.4, -0.2) is 42.2 Å². The van der Waals surface area contributed by atoms with Gasteiger partial charge in [0.05, 0.1) is 6.42 Å². The topological polar surface area (TPSA) is 54.2 Å². The third-order valence-corrected chi connectivity index (χ3v) is 3.25. The van der Waals surface area contributed by atoms with Gasteiger partial charge in [0.15, 0.2) is 0 Å². The molecular weight excluding hydrogens is 328 g/mol. The number of nitrogens with zero attached hydrogens (tertiary/aromatic N) is 2. The van der Waals surface area contributed by atoms with Crippen molar-refractivity contribution in [3.8, 4) is 0 Å². The van der Waals surface area contributed by atoms with Gasteiger partial charge in [-0.05, 0) is 6.07 Å². The van der Waals surface area contributed by atoms with E-state index in [2.05, 4.69) is 10.3 Å². The van der Waals surface area contributed by atoms with Gasteiger partial charge in [-0.25, -0.2) is 4.98 Å². The van der Waals surface area contributed by atoms with Crippen LogP contribution in [0.15, 0.2) is 18.3 Å². The normalized spacial score (nSPS) is 17.5. The average Bonchev–Trinajstić information content (AvgIpc) is 2.37. The summed E-state index contributed by atoms with van der Waals surface area (Å²) in [5.41, 5.74) is 6.19. The fourth-order valence-electron chi connectivity index (χ4n) is 2.36. The molecule has 2 heterocycles. The van der Waals surface area contributed by atoms with Crippen molar-refractivity contribution in [2.45, 2.75) is 18.6 Å². The molecule has 1 atom stereocenters. The zero-order valence-electron chi connectivity index (χ0n) is 11.3. The van der Waals surface area contributed by atoms with Crippen molar-refractivity contribution in [3.63, 3.8) is 0 Å². The molecule has 1 aromatic heterocycles. The summed E-state index contributed by atoms with van der Waals surface area (Å²) >= 11 is 0. The molecule has 122 valence electrons. The molecule has 1 aromatic rings. The lowest BCUT2D eigenvalue weighted by molar-refractivity contribution is -0.148. The van der Waals surface area contributed by atoms with Crippen LogP contribution in [0, 0.1) is 0 Å². The highest BCUT2D eigenvalue weighted by Gasteiger charge is 2.36. The number of halogens is 5. The van der Waals surface area contributed by atoms with E-state index in [0.717, 1.165) is 0 Å². The molecule has 2 rings (SSSR count). The molecule has 0 radical (unpaired) electrons. The Kier molecular flexibility index (Phi) is 8.31.